The lowest BCUT2D eigenvalue weighted by molar-refractivity contribution is -0.136. The summed E-state index contributed by atoms with van der Waals surface area (Å²) in [6.07, 6.45) is -1.52. The fourth-order valence-corrected chi connectivity index (χ4v) is 2.22. The zero-order valence-corrected chi connectivity index (χ0v) is 11.9. The summed E-state index contributed by atoms with van der Waals surface area (Å²) >= 11 is 0. The first-order valence-electron chi connectivity index (χ1n) is 6.85. The fraction of sp³-hybridized carbons (Fsp3) is 0.0588. The first kappa shape index (κ1) is 15.0. The molecule has 0 radical (unpaired) electrons. The number of benzene rings is 2. The highest BCUT2D eigenvalue weighted by molar-refractivity contribution is 5.93. The van der Waals surface area contributed by atoms with E-state index in [9.17, 15) is 13.2 Å². The lowest BCUT2D eigenvalue weighted by atomic mass is 10.1. The first-order chi connectivity index (χ1) is 11.1. The molecule has 1 N–H and O–H groups in total. The molecule has 0 saturated carbocycles. The number of hydrazone groups is 1. The summed E-state index contributed by atoms with van der Waals surface area (Å²) in [6.45, 7) is 0. The third-order valence-corrected chi connectivity index (χ3v) is 3.27. The van der Waals surface area contributed by atoms with E-state index in [1.165, 1.54) is 12.3 Å². The van der Waals surface area contributed by atoms with Crippen LogP contribution in [0.3, 0.4) is 0 Å². The number of alkyl halides is 3. The molecule has 0 aliphatic rings. The molecule has 2 aromatic carbocycles. The molecule has 0 amide bonds. The monoisotopic (exact) mass is 315 g/mol. The Morgan fingerprint density at radius 3 is 2.48 bits per heavy atom. The van der Waals surface area contributed by atoms with Gasteiger partial charge in [-0.3, -0.25) is 10.4 Å². The van der Waals surface area contributed by atoms with Gasteiger partial charge in [0.1, 0.15) is 0 Å². The number of pyridine rings is 1. The standard InChI is InChI=1S/C17H12F3N3/c18-17(19,20)14-8-4-7-13-15(9-10-21-16(13)14)23-22-11-12-5-2-1-3-6-12/h1-11H,(H,21,23). The second-order valence-electron chi connectivity index (χ2n) is 4.84. The van der Waals surface area contributed by atoms with Crippen molar-refractivity contribution in [2.24, 2.45) is 5.10 Å². The SMILES string of the molecule is FC(F)(F)c1cccc2c(NN=Cc3ccccc3)ccnc12. The lowest BCUT2D eigenvalue weighted by Crippen LogP contribution is -2.06. The highest BCUT2D eigenvalue weighted by Crippen LogP contribution is 2.35. The van der Waals surface area contributed by atoms with Gasteiger partial charge in [0.15, 0.2) is 0 Å². The third kappa shape index (κ3) is 3.31. The van der Waals surface area contributed by atoms with Crippen LogP contribution in [0.1, 0.15) is 11.1 Å². The van der Waals surface area contributed by atoms with Crippen molar-refractivity contribution in [2.45, 2.75) is 6.18 Å². The Balaban J connectivity index is 1.95. The molecule has 116 valence electrons. The van der Waals surface area contributed by atoms with Crippen LogP contribution in [0, 0.1) is 0 Å². The van der Waals surface area contributed by atoms with Crippen LogP contribution in [0.15, 0.2) is 65.9 Å². The normalized spacial score (nSPS) is 12.0. The van der Waals surface area contributed by atoms with Crippen LogP contribution >= 0.6 is 0 Å². The summed E-state index contributed by atoms with van der Waals surface area (Å²) in [7, 11) is 0. The second-order valence-corrected chi connectivity index (χ2v) is 4.84. The smallest absolute Gasteiger partial charge is 0.278 e. The highest BCUT2D eigenvalue weighted by atomic mass is 19.4. The summed E-state index contributed by atoms with van der Waals surface area (Å²) < 4.78 is 39.1. The van der Waals surface area contributed by atoms with Crippen LogP contribution in [-0.4, -0.2) is 11.2 Å². The number of nitrogens with one attached hydrogen (secondary N) is 1. The molecule has 0 aliphatic carbocycles. The Hall–Kier alpha value is -2.89. The molecular formula is C17H12F3N3. The van der Waals surface area contributed by atoms with Gasteiger partial charge in [-0.15, -0.1) is 0 Å². The van der Waals surface area contributed by atoms with E-state index in [0.717, 1.165) is 11.6 Å². The molecule has 0 atom stereocenters. The van der Waals surface area contributed by atoms with Crippen molar-refractivity contribution < 1.29 is 13.2 Å². The average Bonchev–Trinajstić information content (AvgIpc) is 2.54. The zero-order valence-electron chi connectivity index (χ0n) is 11.9. The number of aromatic nitrogens is 1. The largest absolute Gasteiger partial charge is 0.418 e. The summed E-state index contributed by atoms with van der Waals surface area (Å²) in [5, 5.41) is 4.44. The summed E-state index contributed by atoms with van der Waals surface area (Å²) in [5.41, 5.74) is 3.27. The van der Waals surface area contributed by atoms with Crippen LogP contribution in [0.25, 0.3) is 10.9 Å². The van der Waals surface area contributed by atoms with E-state index >= 15 is 0 Å². The quantitative estimate of drug-likeness (QED) is 0.562. The van der Waals surface area contributed by atoms with Gasteiger partial charge in [0.05, 0.1) is 23.0 Å². The van der Waals surface area contributed by atoms with E-state index < -0.39 is 11.7 Å². The molecule has 23 heavy (non-hydrogen) atoms. The van der Waals surface area contributed by atoms with E-state index in [0.29, 0.717) is 11.1 Å². The number of hydrogen-bond acceptors (Lipinski definition) is 3. The minimum absolute atomic E-state index is 0.0973. The van der Waals surface area contributed by atoms with E-state index in [1.54, 1.807) is 18.3 Å². The zero-order chi connectivity index (χ0) is 16.3. The van der Waals surface area contributed by atoms with Gasteiger partial charge in [-0.1, -0.05) is 42.5 Å². The molecule has 3 nitrogen and oxygen atoms in total. The minimum Gasteiger partial charge on any atom is -0.278 e. The Morgan fingerprint density at radius 2 is 1.74 bits per heavy atom. The maximum absolute atomic E-state index is 13.0. The number of para-hydroxylation sites is 1. The number of fused-ring (bicyclic) bond motifs is 1. The average molecular weight is 315 g/mol. The second kappa shape index (κ2) is 6.08. The first-order valence-corrected chi connectivity index (χ1v) is 6.85. The third-order valence-electron chi connectivity index (χ3n) is 3.27. The molecular weight excluding hydrogens is 303 g/mol. The van der Waals surface area contributed by atoms with Crippen LogP contribution < -0.4 is 5.43 Å². The minimum atomic E-state index is -4.45. The van der Waals surface area contributed by atoms with Gasteiger partial charge in [0, 0.05) is 11.6 Å². The molecule has 0 unspecified atom stereocenters. The fourth-order valence-electron chi connectivity index (χ4n) is 2.22. The van der Waals surface area contributed by atoms with Gasteiger partial charge in [0.25, 0.3) is 0 Å². The van der Waals surface area contributed by atoms with E-state index in [1.807, 2.05) is 30.3 Å². The summed E-state index contributed by atoms with van der Waals surface area (Å²) in [6, 6.07) is 14.9. The van der Waals surface area contributed by atoms with Crippen molar-refractivity contribution in [2.75, 3.05) is 5.43 Å². The van der Waals surface area contributed by atoms with E-state index in [4.69, 9.17) is 0 Å². The molecule has 0 spiro atoms. The van der Waals surface area contributed by atoms with Gasteiger partial charge in [0.2, 0.25) is 0 Å². The molecule has 6 heteroatoms. The topological polar surface area (TPSA) is 37.3 Å². The number of halogens is 3. The molecule has 0 saturated heterocycles. The van der Waals surface area contributed by atoms with Gasteiger partial charge in [-0.05, 0) is 17.7 Å². The van der Waals surface area contributed by atoms with Crippen molar-refractivity contribution in [3.05, 3.63) is 71.9 Å². The van der Waals surface area contributed by atoms with Gasteiger partial charge in [-0.25, -0.2) is 0 Å². The van der Waals surface area contributed by atoms with Gasteiger partial charge >= 0.3 is 6.18 Å². The van der Waals surface area contributed by atoms with E-state index in [-0.39, 0.29) is 5.52 Å². The van der Waals surface area contributed by atoms with E-state index in [2.05, 4.69) is 15.5 Å². The Morgan fingerprint density at radius 1 is 0.957 bits per heavy atom. The number of anilines is 1. The van der Waals surface area contributed by atoms with Crippen molar-refractivity contribution in [1.29, 1.82) is 0 Å². The Labute approximate surface area is 130 Å². The van der Waals surface area contributed by atoms with Gasteiger partial charge in [-0.2, -0.15) is 18.3 Å². The van der Waals surface area contributed by atoms with Crippen molar-refractivity contribution in [3.63, 3.8) is 0 Å². The molecule has 1 aromatic heterocycles. The van der Waals surface area contributed by atoms with Crippen molar-refractivity contribution in [1.82, 2.24) is 4.98 Å². The molecule has 3 rings (SSSR count). The molecule has 0 fully saturated rings. The molecule has 3 aromatic rings. The summed E-state index contributed by atoms with van der Waals surface area (Å²) in [4.78, 5) is 3.86. The van der Waals surface area contributed by atoms with Gasteiger partial charge < -0.3 is 0 Å². The number of hydrogen-bond donors (Lipinski definition) is 1. The lowest BCUT2D eigenvalue weighted by Gasteiger charge is -2.11. The Kier molecular flexibility index (Phi) is 3.97. The maximum Gasteiger partial charge on any atom is 0.418 e. The predicted molar refractivity (Wildman–Crippen MR) is 84.4 cm³/mol. The van der Waals surface area contributed by atoms with Crippen molar-refractivity contribution >= 4 is 22.8 Å². The molecule has 0 bridgehead atoms. The molecule has 0 aliphatic heterocycles. The van der Waals surface area contributed by atoms with Crippen LogP contribution in [0.2, 0.25) is 0 Å². The highest BCUT2D eigenvalue weighted by Gasteiger charge is 2.33. The number of rotatable bonds is 3. The van der Waals surface area contributed by atoms with Crippen LogP contribution in [-0.2, 0) is 6.18 Å². The Bertz CT molecular complexity index is 843. The van der Waals surface area contributed by atoms with Crippen LogP contribution in [0.4, 0.5) is 18.9 Å². The summed E-state index contributed by atoms with van der Waals surface area (Å²) in [5.74, 6) is 0. The number of nitrogens with zero attached hydrogens (tertiary/aromatic N) is 2. The predicted octanol–water partition coefficient (Wildman–Crippen LogP) is 4.70. The maximum atomic E-state index is 13.0. The molecule has 1 heterocycles. The van der Waals surface area contributed by atoms with Crippen molar-refractivity contribution in [3.8, 4) is 0 Å². The van der Waals surface area contributed by atoms with Crippen LogP contribution in [0.5, 0.6) is 0 Å².